The quantitative estimate of drug-likeness (QED) is 0.758. The van der Waals surface area contributed by atoms with Gasteiger partial charge in [-0.15, -0.1) is 0 Å². The third kappa shape index (κ3) is 4.79. The second-order valence-corrected chi connectivity index (χ2v) is 6.23. The molecule has 1 unspecified atom stereocenters. The first kappa shape index (κ1) is 16.9. The Morgan fingerprint density at radius 1 is 1.21 bits per heavy atom. The zero-order valence-corrected chi connectivity index (χ0v) is 14.0. The third-order valence-electron chi connectivity index (χ3n) is 4.35. The van der Waals surface area contributed by atoms with Gasteiger partial charge in [0.15, 0.2) is 0 Å². The van der Waals surface area contributed by atoms with Crippen LogP contribution in [0.1, 0.15) is 24.8 Å². The molecule has 1 heterocycles. The highest BCUT2D eigenvalue weighted by atomic mass is 16.5. The Morgan fingerprint density at radius 3 is 2.96 bits per heavy atom. The summed E-state index contributed by atoms with van der Waals surface area (Å²) in [4.78, 5) is 12.1. The van der Waals surface area contributed by atoms with Crippen LogP contribution in [0.5, 0.6) is 0 Å². The number of rotatable bonds is 8. The molecule has 3 rings (SSSR count). The van der Waals surface area contributed by atoms with Gasteiger partial charge in [-0.1, -0.05) is 42.5 Å². The summed E-state index contributed by atoms with van der Waals surface area (Å²) in [5, 5.41) is 5.29. The van der Waals surface area contributed by atoms with Crippen molar-refractivity contribution in [3.63, 3.8) is 0 Å². The SMILES string of the molecule is O=C(Cc1cccc2ccccc12)NCCCOCC1CCCO1. The van der Waals surface area contributed by atoms with Crippen LogP contribution >= 0.6 is 0 Å². The first-order valence-corrected chi connectivity index (χ1v) is 8.75. The molecule has 1 aliphatic heterocycles. The molecule has 0 bridgehead atoms. The standard InChI is InChI=1S/C20H25NO3/c22-20(21-11-5-12-23-15-18-9-4-13-24-18)14-17-8-3-7-16-6-1-2-10-19(16)17/h1-3,6-8,10,18H,4-5,9,11-15H2,(H,21,22). The minimum absolute atomic E-state index is 0.0606. The maximum atomic E-state index is 12.1. The molecule has 24 heavy (non-hydrogen) atoms. The van der Waals surface area contributed by atoms with Gasteiger partial charge < -0.3 is 14.8 Å². The fourth-order valence-electron chi connectivity index (χ4n) is 3.07. The van der Waals surface area contributed by atoms with Gasteiger partial charge in [0.1, 0.15) is 0 Å². The molecule has 4 nitrogen and oxygen atoms in total. The molecule has 0 spiro atoms. The average Bonchev–Trinajstić information content (AvgIpc) is 3.12. The first-order chi connectivity index (χ1) is 11.8. The zero-order valence-electron chi connectivity index (χ0n) is 14.0. The molecule has 4 heteroatoms. The lowest BCUT2D eigenvalue weighted by Gasteiger charge is -2.10. The molecule has 0 aliphatic carbocycles. The molecule has 0 radical (unpaired) electrons. The van der Waals surface area contributed by atoms with Crippen molar-refractivity contribution < 1.29 is 14.3 Å². The molecule has 0 saturated carbocycles. The summed E-state index contributed by atoms with van der Waals surface area (Å²) in [6.07, 6.45) is 3.75. The van der Waals surface area contributed by atoms with Gasteiger partial charge in [0, 0.05) is 19.8 Å². The van der Waals surface area contributed by atoms with Gasteiger partial charge >= 0.3 is 0 Å². The van der Waals surface area contributed by atoms with E-state index in [-0.39, 0.29) is 12.0 Å². The maximum absolute atomic E-state index is 12.1. The second kappa shape index (κ2) is 8.81. The topological polar surface area (TPSA) is 47.6 Å². The van der Waals surface area contributed by atoms with Gasteiger partial charge in [-0.3, -0.25) is 4.79 Å². The van der Waals surface area contributed by atoms with Gasteiger partial charge in [0.2, 0.25) is 5.91 Å². The number of carbonyl (C=O) groups is 1. The minimum atomic E-state index is 0.0606. The van der Waals surface area contributed by atoms with E-state index in [9.17, 15) is 4.79 Å². The molecule has 2 aromatic rings. The van der Waals surface area contributed by atoms with E-state index >= 15 is 0 Å². The Labute approximate surface area is 143 Å². The van der Waals surface area contributed by atoms with Gasteiger partial charge in [0.05, 0.1) is 19.1 Å². The average molecular weight is 327 g/mol. The van der Waals surface area contributed by atoms with E-state index in [1.807, 2.05) is 24.3 Å². The van der Waals surface area contributed by atoms with Crippen LogP contribution in [0.15, 0.2) is 42.5 Å². The van der Waals surface area contributed by atoms with Crippen molar-refractivity contribution in [2.24, 2.45) is 0 Å². The van der Waals surface area contributed by atoms with Gasteiger partial charge in [-0.25, -0.2) is 0 Å². The van der Waals surface area contributed by atoms with E-state index in [2.05, 4.69) is 23.5 Å². The van der Waals surface area contributed by atoms with Crippen LogP contribution in [0.3, 0.4) is 0 Å². The number of benzene rings is 2. The summed E-state index contributed by atoms with van der Waals surface area (Å²) in [6, 6.07) is 14.3. The largest absolute Gasteiger partial charge is 0.379 e. The Morgan fingerprint density at radius 2 is 2.08 bits per heavy atom. The zero-order chi connectivity index (χ0) is 16.6. The van der Waals surface area contributed by atoms with Gasteiger partial charge in [0.25, 0.3) is 0 Å². The summed E-state index contributed by atoms with van der Waals surface area (Å²) < 4.78 is 11.1. The lowest BCUT2D eigenvalue weighted by atomic mass is 10.0. The van der Waals surface area contributed by atoms with Crippen molar-refractivity contribution in [1.29, 1.82) is 0 Å². The van der Waals surface area contributed by atoms with Crippen molar-refractivity contribution in [2.75, 3.05) is 26.4 Å². The second-order valence-electron chi connectivity index (χ2n) is 6.23. The number of ether oxygens (including phenoxy) is 2. The predicted molar refractivity (Wildman–Crippen MR) is 95.1 cm³/mol. The summed E-state index contributed by atoms with van der Waals surface area (Å²) in [7, 11) is 0. The molecular weight excluding hydrogens is 302 g/mol. The van der Waals surface area contributed by atoms with Crippen LogP contribution < -0.4 is 5.32 Å². The van der Waals surface area contributed by atoms with Crippen molar-refractivity contribution in [3.8, 4) is 0 Å². The monoisotopic (exact) mass is 327 g/mol. The number of carbonyl (C=O) groups excluding carboxylic acids is 1. The van der Waals surface area contributed by atoms with Crippen molar-refractivity contribution in [3.05, 3.63) is 48.0 Å². The van der Waals surface area contributed by atoms with E-state index in [0.29, 0.717) is 26.2 Å². The van der Waals surface area contributed by atoms with Gasteiger partial charge in [-0.2, -0.15) is 0 Å². The Kier molecular flexibility index (Phi) is 6.21. The number of hydrogen-bond donors (Lipinski definition) is 1. The highest BCUT2D eigenvalue weighted by molar-refractivity contribution is 5.90. The Bertz CT molecular complexity index is 659. The number of fused-ring (bicyclic) bond motifs is 1. The number of amides is 1. The summed E-state index contributed by atoms with van der Waals surface area (Å²) in [6.45, 7) is 2.84. The molecule has 2 aromatic carbocycles. The number of nitrogens with one attached hydrogen (secondary N) is 1. The van der Waals surface area contributed by atoms with Crippen LogP contribution in [-0.2, 0) is 20.7 Å². The molecule has 1 saturated heterocycles. The van der Waals surface area contributed by atoms with Crippen LogP contribution in [0.25, 0.3) is 10.8 Å². The summed E-state index contributed by atoms with van der Waals surface area (Å²) in [5.74, 6) is 0.0606. The molecular formula is C20H25NO3. The molecule has 1 N–H and O–H groups in total. The van der Waals surface area contributed by atoms with E-state index in [0.717, 1.165) is 36.8 Å². The van der Waals surface area contributed by atoms with Crippen LogP contribution in [0.2, 0.25) is 0 Å². The van der Waals surface area contributed by atoms with Crippen LogP contribution in [0.4, 0.5) is 0 Å². The highest BCUT2D eigenvalue weighted by Crippen LogP contribution is 2.18. The van der Waals surface area contributed by atoms with E-state index in [1.54, 1.807) is 0 Å². The summed E-state index contributed by atoms with van der Waals surface area (Å²) >= 11 is 0. The van der Waals surface area contributed by atoms with E-state index < -0.39 is 0 Å². The molecule has 1 aliphatic rings. The molecule has 128 valence electrons. The molecule has 0 aromatic heterocycles. The van der Waals surface area contributed by atoms with E-state index in [1.165, 1.54) is 5.39 Å². The van der Waals surface area contributed by atoms with E-state index in [4.69, 9.17) is 9.47 Å². The van der Waals surface area contributed by atoms with Crippen LogP contribution in [-0.4, -0.2) is 38.4 Å². The normalized spacial score (nSPS) is 17.2. The molecule has 1 fully saturated rings. The number of hydrogen-bond acceptors (Lipinski definition) is 3. The summed E-state index contributed by atoms with van der Waals surface area (Å²) in [5.41, 5.74) is 1.07. The highest BCUT2D eigenvalue weighted by Gasteiger charge is 2.14. The first-order valence-electron chi connectivity index (χ1n) is 8.75. The van der Waals surface area contributed by atoms with Crippen molar-refractivity contribution >= 4 is 16.7 Å². The lowest BCUT2D eigenvalue weighted by Crippen LogP contribution is -2.27. The fraction of sp³-hybridized carbons (Fsp3) is 0.450. The van der Waals surface area contributed by atoms with Crippen LogP contribution in [0, 0.1) is 0 Å². The molecule has 1 amide bonds. The minimum Gasteiger partial charge on any atom is -0.379 e. The maximum Gasteiger partial charge on any atom is 0.224 e. The fourth-order valence-corrected chi connectivity index (χ4v) is 3.07. The lowest BCUT2D eigenvalue weighted by molar-refractivity contribution is -0.120. The molecule has 1 atom stereocenters. The van der Waals surface area contributed by atoms with Gasteiger partial charge in [-0.05, 0) is 35.6 Å². The van der Waals surface area contributed by atoms with Crippen molar-refractivity contribution in [2.45, 2.75) is 31.8 Å². The predicted octanol–water partition coefficient (Wildman–Crippen LogP) is 3.08. The smallest absolute Gasteiger partial charge is 0.224 e. The van der Waals surface area contributed by atoms with Crippen molar-refractivity contribution in [1.82, 2.24) is 5.32 Å². The Balaban J connectivity index is 1.36. The third-order valence-corrected chi connectivity index (χ3v) is 4.35. The Hall–Kier alpha value is -1.91.